The summed E-state index contributed by atoms with van der Waals surface area (Å²) in [4.78, 5) is 19.1. The quantitative estimate of drug-likeness (QED) is 0.939. The lowest BCUT2D eigenvalue weighted by atomic mass is 10.2. The molecule has 1 aromatic carbocycles. The van der Waals surface area contributed by atoms with Crippen molar-refractivity contribution in [3.05, 3.63) is 30.1 Å². The van der Waals surface area contributed by atoms with E-state index in [2.05, 4.69) is 29.8 Å². The molecule has 0 unspecified atom stereocenters. The summed E-state index contributed by atoms with van der Waals surface area (Å²) in [5, 5.41) is 3.28. The van der Waals surface area contributed by atoms with Crippen LogP contribution in [0.25, 0.3) is 11.0 Å². The van der Waals surface area contributed by atoms with Crippen molar-refractivity contribution in [2.24, 2.45) is 0 Å². The van der Waals surface area contributed by atoms with Crippen molar-refractivity contribution in [3.63, 3.8) is 0 Å². The smallest absolute Gasteiger partial charge is 0.224 e. The third-order valence-corrected chi connectivity index (χ3v) is 4.22. The molecule has 5 heteroatoms. The van der Waals surface area contributed by atoms with Gasteiger partial charge < -0.3 is 14.8 Å². The molecule has 0 radical (unpaired) electrons. The third-order valence-electron chi connectivity index (χ3n) is 4.22. The fourth-order valence-corrected chi connectivity index (χ4v) is 3.05. The van der Waals surface area contributed by atoms with Gasteiger partial charge in [0.15, 0.2) is 0 Å². The maximum atomic E-state index is 12.4. The van der Waals surface area contributed by atoms with Crippen LogP contribution in [-0.2, 0) is 11.3 Å². The fraction of sp³-hybridized carbons (Fsp3) is 0.529. The number of carbonyl (C=O) groups excluding carboxylic acids is 1. The summed E-state index contributed by atoms with van der Waals surface area (Å²) in [6.45, 7) is 8.44. The Bertz CT molecular complexity index is 656. The van der Waals surface area contributed by atoms with Gasteiger partial charge in [0.05, 0.1) is 11.0 Å². The number of benzene rings is 1. The van der Waals surface area contributed by atoms with Gasteiger partial charge >= 0.3 is 0 Å². The zero-order valence-electron chi connectivity index (χ0n) is 13.4. The highest BCUT2D eigenvalue weighted by atomic mass is 16.2. The summed E-state index contributed by atoms with van der Waals surface area (Å²) in [6, 6.07) is 8.16. The Hall–Kier alpha value is -1.88. The molecule has 0 saturated carbocycles. The Balaban J connectivity index is 1.77. The summed E-state index contributed by atoms with van der Waals surface area (Å²) >= 11 is 0. The van der Waals surface area contributed by atoms with E-state index < -0.39 is 0 Å². The van der Waals surface area contributed by atoms with Gasteiger partial charge in [-0.3, -0.25) is 4.79 Å². The molecule has 0 spiro atoms. The van der Waals surface area contributed by atoms with Crippen LogP contribution in [-0.4, -0.2) is 46.5 Å². The first-order valence-corrected chi connectivity index (χ1v) is 8.10. The number of hydrogen-bond donors (Lipinski definition) is 1. The van der Waals surface area contributed by atoms with Crippen LogP contribution in [0, 0.1) is 0 Å². The second-order valence-corrected chi connectivity index (χ2v) is 6.15. The largest absolute Gasteiger partial charge is 0.340 e. The molecule has 2 aromatic rings. The molecular formula is C17H24N4O. The Kier molecular flexibility index (Phi) is 4.43. The van der Waals surface area contributed by atoms with E-state index in [0.29, 0.717) is 18.9 Å². The van der Waals surface area contributed by atoms with Crippen LogP contribution >= 0.6 is 0 Å². The molecule has 0 bridgehead atoms. The summed E-state index contributed by atoms with van der Waals surface area (Å²) in [5.41, 5.74) is 2.14. The lowest BCUT2D eigenvalue weighted by Crippen LogP contribution is -2.46. The molecule has 0 aliphatic carbocycles. The molecule has 0 atom stereocenters. The standard InChI is InChI=1S/C17H24N4O/c1-13(2)17-19-14-5-3-4-6-15(14)21(17)10-7-16(22)20-11-8-18-9-12-20/h3-6,13,18H,7-12H2,1-2H3. The number of para-hydroxylation sites is 2. The van der Waals surface area contributed by atoms with Gasteiger partial charge in [0.1, 0.15) is 5.82 Å². The summed E-state index contributed by atoms with van der Waals surface area (Å²) < 4.78 is 2.21. The molecule has 1 fully saturated rings. The zero-order chi connectivity index (χ0) is 15.5. The highest BCUT2D eigenvalue weighted by molar-refractivity contribution is 5.78. The number of hydrogen-bond acceptors (Lipinski definition) is 3. The first-order chi connectivity index (χ1) is 10.7. The van der Waals surface area contributed by atoms with Crippen molar-refractivity contribution in [2.75, 3.05) is 26.2 Å². The minimum Gasteiger partial charge on any atom is -0.340 e. The van der Waals surface area contributed by atoms with Crippen molar-refractivity contribution in [2.45, 2.75) is 32.7 Å². The zero-order valence-corrected chi connectivity index (χ0v) is 13.4. The van der Waals surface area contributed by atoms with Crippen molar-refractivity contribution < 1.29 is 4.79 Å². The van der Waals surface area contributed by atoms with E-state index in [1.807, 2.05) is 23.1 Å². The van der Waals surface area contributed by atoms with Crippen molar-refractivity contribution in [3.8, 4) is 0 Å². The van der Waals surface area contributed by atoms with Crippen molar-refractivity contribution in [1.29, 1.82) is 0 Å². The van der Waals surface area contributed by atoms with Crippen LogP contribution in [0.1, 0.15) is 32.0 Å². The SMILES string of the molecule is CC(C)c1nc2ccccc2n1CCC(=O)N1CCNCC1. The molecule has 1 aromatic heterocycles. The number of amides is 1. The minimum atomic E-state index is 0.244. The van der Waals surface area contributed by atoms with Gasteiger partial charge in [-0.2, -0.15) is 0 Å². The molecule has 22 heavy (non-hydrogen) atoms. The highest BCUT2D eigenvalue weighted by Crippen LogP contribution is 2.22. The average Bonchev–Trinajstić information content (AvgIpc) is 2.92. The van der Waals surface area contributed by atoms with Gasteiger partial charge in [-0.25, -0.2) is 4.98 Å². The first kappa shape index (κ1) is 15.0. The lowest BCUT2D eigenvalue weighted by Gasteiger charge is -2.27. The highest BCUT2D eigenvalue weighted by Gasteiger charge is 2.18. The Morgan fingerprint density at radius 1 is 1.27 bits per heavy atom. The number of aromatic nitrogens is 2. The normalized spacial score (nSPS) is 15.7. The number of imidazole rings is 1. The van der Waals surface area contributed by atoms with Crippen LogP contribution in [0.5, 0.6) is 0 Å². The maximum absolute atomic E-state index is 12.4. The van der Waals surface area contributed by atoms with E-state index in [1.165, 1.54) is 0 Å². The van der Waals surface area contributed by atoms with Crippen LogP contribution in [0.15, 0.2) is 24.3 Å². The summed E-state index contributed by atoms with van der Waals surface area (Å²) in [6.07, 6.45) is 0.542. The number of piperazine rings is 1. The summed E-state index contributed by atoms with van der Waals surface area (Å²) in [7, 11) is 0. The third kappa shape index (κ3) is 2.99. The monoisotopic (exact) mass is 300 g/mol. The van der Waals surface area contributed by atoms with Gasteiger partial charge in [-0.05, 0) is 12.1 Å². The number of nitrogens with one attached hydrogen (secondary N) is 1. The Labute approximate surface area is 131 Å². The van der Waals surface area contributed by atoms with Crippen molar-refractivity contribution in [1.82, 2.24) is 19.8 Å². The number of fused-ring (bicyclic) bond motifs is 1. The van der Waals surface area contributed by atoms with Crippen LogP contribution in [0.3, 0.4) is 0 Å². The Morgan fingerprint density at radius 3 is 2.73 bits per heavy atom. The summed E-state index contributed by atoms with van der Waals surface area (Å²) in [5.74, 6) is 1.66. The molecule has 2 heterocycles. The number of rotatable bonds is 4. The van der Waals surface area contributed by atoms with E-state index in [4.69, 9.17) is 4.98 Å². The molecule has 5 nitrogen and oxygen atoms in total. The molecule has 1 aliphatic rings. The average molecular weight is 300 g/mol. The molecule has 1 saturated heterocycles. The molecule has 1 aliphatic heterocycles. The van der Waals surface area contributed by atoms with E-state index in [9.17, 15) is 4.79 Å². The van der Waals surface area contributed by atoms with Gasteiger partial charge in [-0.1, -0.05) is 26.0 Å². The van der Waals surface area contributed by atoms with Gasteiger partial charge in [-0.15, -0.1) is 0 Å². The molecule has 3 rings (SSSR count). The second-order valence-electron chi connectivity index (χ2n) is 6.15. The van der Waals surface area contributed by atoms with Gasteiger partial charge in [0.25, 0.3) is 0 Å². The lowest BCUT2D eigenvalue weighted by molar-refractivity contribution is -0.131. The molecular weight excluding hydrogens is 276 g/mol. The molecule has 1 N–H and O–H groups in total. The van der Waals surface area contributed by atoms with Crippen molar-refractivity contribution >= 4 is 16.9 Å². The molecule has 1 amide bonds. The number of aryl methyl sites for hydroxylation is 1. The predicted molar refractivity (Wildman–Crippen MR) is 87.9 cm³/mol. The maximum Gasteiger partial charge on any atom is 0.224 e. The van der Waals surface area contributed by atoms with Gasteiger partial charge in [0.2, 0.25) is 5.91 Å². The van der Waals surface area contributed by atoms with E-state index in [1.54, 1.807) is 0 Å². The van der Waals surface area contributed by atoms with Crippen LogP contribution < -0.4 is 5.32 Å². The van der Waals surface area contributed by atoms with E-state index in [0.717, 1.165) is 43.0 Å². The Morgan fingerprint density at radius 2 is 2.00 bits per heavy atom. The van der Waals surface area contributed by atoms with E-state index in [-0.39, 0.29) is 5.91 Å². The van der Waals surface area contributed by atoms with Gasteiger partial charge in [0, 0.05) is 45.1 Å². The van der Waals surface area contributed by atoms with E-state index >= 15 is 0 Å². The first-order valence-electron chi connectivity index (χ1n) is 8.10. The molecule has 118 valence electrons. The van der Waals surface area contributed by atoms with Crippen LogP contribution in [0.2, 0.25) is 0 Å². The number of nitrogens with zero attached hydrogens (tertiary/aromatic N) is 3. The topological polar surface area (TPSA) is 50.2 Å². The minimum absolute atomic E-state index is 0.244. The number of carbonyl (C=O) groups is 1. The predicted octanol–water partition coefficient (Wildman–Crippen LogP) is 1.98. The fourth-order valence-electron chi connectivity index (χ4n) is 3.05. The van der Waals surface area contributed by atoms with Crippen LogP contribution in [0.4, 0.5) is 0 Å². The second kappa shape index (κ2) is 6.48.